The van der Waals surface area contributed by atoms with Gasteiger partial charge in [0, 0.05) is 42.4 Å². The summed E-state index contributed by atoms with van der Waals surface area (Å²) in [5.74, 6) is -1.94. The van der Waals surface area contributed by atoms with E-state index in [1.165, 1.54) is 13.8 Å². The first kappa shape index (κ1) is 24.6. The summed E-state index contributed by atoms with van der Waals surface area (Å²) < 4.78 is 35.1. The number of thioether (sulfide) groups is 1. The van der Waals surface area contributed by atoms with Gasteiger partial charge in [-0.05, 0) is 50.1 Å². The standard InChI is InChI=1S/C24H27F2N3O4S/c1-23(2,31)13-10-15(25)20(16(26)11-13)17-12-14(21(27)30)22(34-17)29-19-5-3-4-18(28-19)24(32)6-8-33-9-7-24/h3-5,10-11,17,31-32H,6-9,12H2,1-2H3,(H2,27,30)(H,28,29). The monoisotopic (exact) mass is 491 g/mol. The van der Waals surface area contributed by atoms with Gasteiger partial charge in [0.25, 0.3) is 0 Å². The van der Waals surface area contributed by atoms with Crippen molar-refractivity contribution in [3.05, 3.63) is 69.4 Å². The third-order valence-electron chi connectivity index (χ3n) is 6.12. The minimum absolute atomic E-state index is 0.0268. The predicted molar refractivity (Wildman–Crippen MR) is 125 cm³/mol. The molecule has 2 aromatic rings. The van der Waals surface area contributed by atoms with E-state index in [0.717, 1.165) is 23.9 Å². The van der Waals surface area contributed by atoms with Gasteiger partial charge in [-0.25, -0.2) is 13.8 Å². The number of carbonyl (C=O) groups excluding carboxylic acids is 1. The number of ether oxygens (including phenoxy) is 1. The van der Waals surface area contributed by atoms with Crippen LogP contribution in [0.25, 0.3) is 0 Å². The zero-order chi connectivity index (χ0) is 24.7. The molecule has 4 rings (SSSR count). The second-order valence-electron chi connectivity index (χ2n) is 9.07. The van der Waals surface area contributed by atoms with Crippen molar-refractivity contribution in [2.45, 2.75) is 49.6 Å². The lowest BCUT2D eigenvalue weighted by atomic mass is 9.90. The molecule has 1 atom stereocenters. The molecule has 182 valence electrons. The first-order valence-corrected chi connectivity index (χ1v) is 11.8. The van der Waals surface area contributed by atoms with E-state index in [9.17, 15) is 23.8 Å². The Kier molecular flexibility index (Phi) is 6.69. The number of aromatic nitrogens is 1. The van der Waals surface area contributed by atoms with Gasteiger partial charge in [0.15, 0.2) is 0 Å². The molecule has 0 radical (unpaired) electrons. The molecular formula is C24H27F2N3O4S. The maximum absolute atomic E-state index is 14.9. The predicted octanol–water partition coefficient (Wildman–Crippen LogP) is 3.57. The minimum Gasteiger partial charge on any atom is -0.386 e. The zero-order valence-electron chi connectivity index (χ0n) is 18.9. The second-order valence-corrected chi connectivity index (χ2v) is 10.3. The Balaban J connectivity index is 1.60. The number of anilines is 1. The van der Waals surface area contributed by atoms with Crippen LogP contribution in [0.4, 0.5) is 14.6 Å². The van der Waals surface area contributed by atoms with Crippen molar-refractivity contribution in [3.8, 4) is 0 Å². The first-order valence-electron chi connectivity index (χ1n) is 10.9. The van der Waals surface area contributed by atoms with E-state index in [0.29, 0.717) is 42.6 Å². The van der Waals surface area contributed by atoms with Gasteiger partial charge >= 0.3 is 0 Å². The third kappa shape index (κ3) is 4.95. The van der Waals surface area contributed by atoms with Crippen LogP contribution >= 0.6 is 11.8 Å². The highest BCUT2D eigenvalue weighted by atomic mass is 32.2. The van der Waals surface area contributed by atoms with Crippen molar-refractivity contribution >= 4 is 23.5 Å². The molecule has 5 N–H and O–H groups in total. The van der Waals surface area contributed by atoms with Gasteiger partial charge in [0.2, 0.25) is 5.91 Å². The van der Waals surface area contributed by atoms with E-state index in [1.807, 2.05) is 0 Å². The van der Waals surface area contributed by atoms with Crippen LogP contribution in [-0.4, -0.2) is 34.3 Å². The second kappa shape index (κ2) is 9.26. The highest BCUT2D eigenvalue weighted by Gasteiger charge is 2.36. The van der Waals surface area contributed by atoms with Crippen molar-refractivity contribution in [1.82, 2.24) is 4.98 Å². The number of nitrogens with one attached hydrogen (secondary N) is 1. The van der Waals surface area contributed by atoms with Crippen LogP contribution in [0.1, 0.15) is 55.2 Å². The Bertz CT molecular complexity index is 1120. The number of halogens is 2. The fraction of sp³-hybridized carbons (Fsp3) is 0.417. The highest BCUT2D eigenvalue weighted by molar-refractivity contribution is 8.03. The number of primary amides is 1. The van der Waals surface area contributed by atoms with Gasteiger partial charge in [-0.15, -0.1) is 0 Å². The minimum atomic E-state index is -1.41. The molecule has 3 heterocycles. The first-order chi connectivity index (χ1) is 16.0. The summed E-state index contributed by atoms with van der Waals surface area (Å²) in [5.41, 5.74) is 3.65. The molecule has 2 aliphatic heterocycles. The Morgan fingerprint density at radius 2 is 1.91 bits per heavy atom. The molecule has 0 spiro atoms. The Labute approximate surface area is 200 Å². The van der Waals surface area contributed by atoms with Crippen LogP contribution in [0, 0.1) is 11.6 Å². The molecule has 7 nitrogen and oxygen atoms in total. The molecule has 1 fully saturated rings. The van der Waals surface area contributed by atoms with E-state index in [4.69, 9.17) is 10.5 Å². The largest absolute Gasteiger partial charge is 0.386 e. The lowest BCUT2D eigenvalue weighted by Crippen LogP contribution is -2.34. The Morgan fingerprint density at radius 1 is 1.26 bits per heavy atom. The molecule has 34 heavy (non-hydrogen) atoms. The molecule has 1 unspecified atom stereocenters. The quantitative estimate of drug-likeness (QED) is 0.488. The molecule has 0 bridgehead atoms. The maximum Gasteiger partial charge on any atom is 0.247 e. The molecule has 1 amide bonds. The lowest BCUT2D eigenvalue weighted by Gasteiger charge is -2.31. The Hall–Kier alpha value is -2.53. The van der Waals surface area contributed by atoms with Gasteiger partial charge in [0.1, 0.15) is 23.1 Å². The highest BCUT2D eigenvalue weighted by Crippen LogP contribution is 2.49. The number of amides is 1. The summed E-state index contributed by atoms with van der Waals surface area (Å²) in [7, 11) is 0. The normalized spacial score (nSPS) is 20.5. The molecule has 1 aromatic heterocycles. The fourth-order valence-electron chi connectivity index (χ4n) is 4.10. The molecule has 2 aliphatic rings. The summed E-state index contributed by atoms with van der Waals surface area (Å²) in [4.78, 5) is 16.6. The van der Waals surface area contributed by atoms with E-state index in [2.05, 4.69) is 10.3 Å². The molecule has 0 aliphatic carbocycles. The van der Waals surface area contributed by atoms with Crippen LogP contribution in [-0.2, 0) is 20.7 Å². The SMILES string of the molecule is CC(C)(O)c1cc(F)c(C2CC(C(N)=O)=C(Nc3cccc(C4(O)CCOCC4)n3)S2)c(F)c1. The molecule has 1 aromatic carbocycles. The van der Waals surface area contributed by atoms with Crippen LogP contribution in [0.15, 0.2) is 40.9 Å². The van der Waals surface area contributed by atoms with Gasteiger partial charge in [-0.1, -0.05) is 17.8 Å². The number of pyridine rings is 1. The number of rotatable bonds is 6. The summed E-state index contributed by atoms with van der Waals surface area (Å²) in [6, 6.07) is 7.33. The summed E-state index contributed by atoms with van der Waals surface area (Å²) >= 11 is 1.08. The van der Waals surface area contributed by atoms with Crippen molar-refractivity contribution in [2.24, 2.45) is 5.73 Å². The number of nitrogens with two attached hydrogens (primary N) is 1. The number of aliphatic hydroxyl groups is 2. The Morgan fingerprint density at radius 3 is 2.50 bits per heavy atom. The van der Waals surface area contributed by atoms with Crippen molar-refractivity contribution in [3.63, 3.8) is 0 Å². The van der Waals surface area contributed by atoms with Crippen molar-refractivity contribution < 1.29 is 28.5 Å². The van der Waals surface area contributed by atoms with E-state index in [-0.39, 0.29) is 23.1 Å². The summed E-state index contributed by atoms with van der Waals surface area (Å²) in [5, 5.41) is 23.7. The fourth-order valence-corrected chi connectivity index (χ4v) is 5.47. The smallest absolute Gasteiger partial charge is 0.247 e. The number of benzene rings is 1. The number of nitrogens with zero attached hydrogens (tertiary/aromatic N) is 1. The van der Waals surface area contributed by atoms with Gasteiger partial charge < -0.3 is 26.0 Å². The van der Waals surface area contributed by atoms with Gasteiger partial charge in [-0.3, -0.25) is 4.79 Å². The van der Waals surface area contributed by atoms with Crippen LogP contribution in [0.5, 0.6) is 0 Å². The topological polar surface area (TPSA) is 118 Å². The van der Waals surface area contributed by atoms with Crippen LogP contribution in [0.3, 0.4) is 0 Å². The maximum atomic E-state index is 14.9. The molecule has 10 heteroatoms. The van der Waals surface area contributed by atoms with E-state index >= 15 is 0 Å². The third-order valence-corrected chi connectivity index (χ3v) is 7.39. The number of hydrogen-bond donors (Lipinski definition) is 4. The lowest BCUT2D eigenvalue weighted by molar-refractivity contribution is -0.114. The van der Waals surface area contributed by atoms with E-state index < -0.39 is 34.0 Å². The number of carbonyl (C=O) groups is 1. The molecule has 0 saturated carbocycles. The number of hydrogen-bond acceptors (Lipinski definition) is 7. The van der Waals surface area contributed by atoms with Crippen molar-refractivity contribution in [2.75, 3.05) is 18.5 Å². The van der Waals surface area contributed by atoms with Crippen LogP contribution < -0.4 is 11.1 Å². The zero-order valence-corrected chi connectivity index (χ0v) is 19.7. The summed E-state index contributed by atoms with van der Waals surface area (Å²) in [6.07, 6.45) is 0.850. The average molecular weight is 492 g/mol. The van der Waals surface area contributed by atoms with Crippen LogP contribution in [0.2, 0.25) is 0 Å². The van der Waals surface area contributed by atoms with Gasteiger partial charge in [0.05, 0.1) is 16.3 Å². The average Bonchev–Trinajstić information content (AvgIpc) is 3.17. The van der Waals surface area contributed by atoms with Crippen molar-refractivity contribution in [1.29, 1.82) is 0 Å². The molecule has 1 saturated heterocycles. The van der Waals surface area contributed by atoms with Gasteiger partial charge in [-0.2, -0.15) is 0 Å². The van der Waals surface area contributed by atoms with E-state index in [1.54, 1.807) is 18.2 Å². The molecular weight excluding hydrogens is 464 g/mol. The summed E-state index contributed by atoms with van der Waals surface area (Å²) in [6.45, 7) is 3.73.